The Labute approximate surface area is 127 Å². The number of benzene rings is 1. The smallest absolute Gasteiger partial charge is 0.237 e. The van der Waals surface area contributed by atoms with Crippen LogP contribution in [0.1, 0.15) is 37.8 Å². The zero-order valence-electron chi connectivity index (χ0n) is 13.2. The molecule has 1 atom stereocenters. The van der Waals surface area contributed by atoms with Gasteiger partial charge in [0.1, 0.15) is 0 Å². The topological polar surface area (TPSA) is 44.4 Å². The molecule has 0 spiro atoms. The van der Waals surface area contributed by atoms with Gasteiger partial charge in [0.05, 0.1) is 6.04 Å². The molecule has 1 unspecified atom stereocenters. The Morgan fingerprint density at radius 3 is 2.48 bits per heavy atom. The van der Waals surface area contributed by atoms with Gasteiger partial charge >= 0.3 is 0 Å². The molecule has 0 radical (unpaired) electrons. The molecule has 1 aromatic rings. The number of carbonyl (C=O) groups is 1. The van der Waals surface area contributed by atoms with E-state index in [0.717, 1.165) is 44.6 Å². The molecule has 1 fully saturated rings. The molecule has 0 aromatic heterocycles. The number of amides is 1. The van der Waals surface area contributed by atoms with Crippen LogP contribution < -0.4 is 10.6 Å². The van der Waals surface area contributed by atoms with Gasteiger partial charge in [-0.1, -0.05) is 38.1 Å². The SMILES string of the molecule is CCN(CC)Cc1ccc(CNC(=O)C2CCCN2)cc1. The van der Waals surface area contributed by atoms with Crippen LogP contribution in [0.2, 0.25) is 0 Å². The lowest BCUT2D eigenvalue weighted by atomic mass is 10.1. The maximum Gasteiger partial charge on any atom is 0.237 e. The summed E-state index contributed by atoms with van der Waals surface area (Å²) in [5.74, 6) is 0.125. The van der Waals surface area contributed by atoms with Crippen molar-refractivity contribution in [3.8, 4) is 0 Å². The molecule has 2 rings (SSSR count). The van der Waals surface area contributed by atoms with E-state index in [2.05, 4.69) is 53.6 Å². The van der Waals surface area contributed by atoms with Crippen LogP contribution >= 0.6 is 0 Å². The number of rotatable bonds is 7. The van der Waals surface area contributed by atoms with E-state index in [1.54, 1.807) is 0 Å². The largest absolute Gasteiger partial charge is 0.351 e. The van der Waals surface area contributed by atoms with Crippen LogP contribution in [0, 0.1) is 0 Å². The quantitative estimate of drug-likeness (QED) is 0.806. The van der Waals surface area contributed by atoms with Gasteiger partial charge in [-0.05, 0) is 43.6 Å². The molecule has 0 saturated carbocycles. The highest BCUT2D eigenvalue weighted by atomic mass is 16.2. The third-order valence-corrected chi connectivity index (χ3v) is 4.17. The molecule has 0 aliphatic carbocycles. The third kappa shape index (κ3) is 4.83. The van der Waals surface area contributed by atoms with Crippen LogP contribution in [0.4, 0.5) is 0 Å². The summed E-state index contributed by atoms with van der Waals surface area (Å²) in [7, 11) is 0. The zero-order chi connectivity index (χ0) is 15.1. The number of nitrogens with zero attached hydrogens (tertiary/aromatic N) is 1. The lowest BCUT2D eigenvalue weighted by Gasteiger charge is -2.18. The standard InChI is InChI=1S/C17H27N3O/c1-3-20(4-2)13-15-9-7-14(8-10-15)12-19-17(21)16-6-5-11-18-16/h7-10,16,18H,3-6,11-13H2,1-2H3,(H,19,21). The minimum absolute atomic E-state index is 0.00643. The Morgan fingerprint density at radius 1 is 1.24 bits per heavy atom. The number of carbonyl (C=O) groups excluding carboxylic acids is 1. The van der Waals surface area contributed by atoms with Crippen molar-refractivity contribution >= 4 is 5.91 Å². The van der Waals surface area contributed by atoms with Gasteiger partial charge in [-0.2, -0.15) is 0 Å². The maximum atomic E-state index is 11.9. The average molecular weight is 289 g/mol. The molecule has 1 amide bonds. The van der Waals surface area contributed by atoms with Crippen molar-refractivity contribution in [1.29, 1.82) is 0 Å². The lowest BCUT2D eigenvalue weighted by molar-refractivity contribution is -0.122. The van der Waals surface area contributed by atoms with E-state index in [9.17, 15) is 4.79 Å². The fourth-order valence-electron chi connectivity index (χ4n) is 2.69. The van der Waals surface area contributed by atoms with E-state index in [0.29, 0.717) is 6.54 Å². The Balaban J connectivity index is 1.80. The highest BCUT2D eigenvalue weighted by Gasteiger charge is 2.21. The highest BCUT2D eigenvalue weighted by molar-refractivity contribution is 5.81. The van der Waals surface area contributed by atoms with Crippen LogP contribution in [0.15, 0.2) is 24.3 Å². The van der Waals surface area contributed by atoms with E-state index >= 15 is 0 Å². The fourth-order valence-corrected chi connectivity index (χ4v) is 2.69. The molecular weight excluding hydrogens is 262 g/mol. The lowest BCUT2D eigenvalue weighted by Crippen LogP contribution is -2.39. The second-order valence-electron chi connectivity index (χ2n) is 5.64. The number of hydrogen-bond acceptors (Lipinski definition) is 3. The molecule has 1 saturated heterocycles. The molecule has 1 aromatic carbocycles. The van der Waals surface area contributed by atoms with E-state index in [1.807, 2.05) is 0 Å². The van der Waals surface area contributed by atoms with Crippen molar-refractivity contribution in [1.82, 2.24) is 15.5 Å². The summed E-state index contributed by atoms with van der Waals surface area (Å²) in [6, 6.07) is 8.55. The molecule has 116 valence electrons. The summed E-state index contributed by atoms with van der Waals surface area (Å²) in [5, 5.41) is 6.23. The summed E-state index contributed by atoms with van der Waals surface area (Å²) in [5.41, 5.74) is 2.48. The van der Waals surface area contributed by atoms with Crippen LogP contribution in [-0.4, -0.2) is 36.5 Å². The Kier molecular flexibility index (Phi) is 6.21. The Hall–Kier alpha value is -1.39. The van der Waals surface area contributed by atoms with E-state index in [-0.39, 0.29) is 11.9 Å². The monoisotopic (exact) mass is 289 g/mol. The predicted molar refractivity (Wildman–Crippen MR) is 85.9 cm³/mol. The first-order valence-corrected chi connectivity index (χ1v) is 8.04. The molecule has 2 N–H and O–H groups in total. The second kappa shape index (κ2) is 8.15. The third-order valence-electron chi connectivity index (χ3n) is 4.17. The molecule has 0 bridgehead atoms. The molecule has 4 heteroatoms. The molecule has 1 heterocycles. The number of nitrogens with one attached hydrogen (secondary N) is 2. The minimum Gasteiger partial charge on any atom is -0.351 e. The van der Waals surface area contributed by atoms with Gasteiger partial charge in [-0.25, -0.2) is 0 Å². The van der Waals surface area contributed by atoms with E-state index < -0.39 is 0 Å². The van der Waals surface area contributed by atoms with Gasteiger partial charge in [0.15, 0.2) is 0 Å². The van der Waals surface area contributed by atoms with Crippen LogP contribution in [-0.2, 0) is 17.9 Å². The molecular formula is C17H27N3O. The van der Waals surface area contributed by atoms with Gasteiger partial charge in [0.2, 0.25) is 5.91 Å². The van der Waals surface area contributed by atoms with Gasteiger partial charge in [0.25, 0.3) is 0 Å². The van der Waals surface area contributed by atoms with Gasteiger partial charge in [0, 0.05) is 13.1 Å². The van der Waals surface area contributed by atoms with Crippen molar-refractivity contribution in [3.63, 3.8) is 0 Å². The summed E-state index contributed by atoms with van der Waals surface area (Å²) >= 11 is 0. The van der Waals surface area contributed by atoms with E-state index in [4.69, 9.17) is 0 Å². The molecule has 1 aliphatic heterocycles. The number of hydrogen-bond donors (Lipinski definition) is 2. The minimum atomic E-state index is 0.00643. The molecule has 4 nitrogen and oxygen atoms in total. The highest BCUT2D eigenvalue weighted by Crippen LogP contribution is 2.09. The van der Waals surface area contributed by atoms with Gasteiger partial charge in [-0.3, -0.25) is 9.69 Å². The van der Waals surface area contributed by atoms with Gasteiger partial charge < -0.3 is 10.6 Å². The van der Waals surface area contributed by atoms with Crippen LogP contribution in [0.25, 0.3) is 0 Å². The fraction of sp³-hybridized carbons (Fsp3) is 0.588. The Bertz CT molecular complexity index is 434. The zero-order valence-corrected chi connectivity index (χ0v) is 13.2. The van der Waals surface area contributed by atoms with Crippen molar-refractivity contribution in [2.75, 3.05) is 19.6 Å². The van der Waals surface area contributed by atoms with Crippen molar-refractivity contribution in [2.24, 2.45) is 0 Å². The predicted octanol–water partition coefficient (Wildman–Crippen LogP) is 1.90. The second-order valence-corrected chi connectivity index (χ2v) is 5.64. The Morgan fingerprint density at radius 2 is 1.90 bits per heavy atom. The summed E-state index contributed by atoms with van der Waals surface area (Å²) < 4.78 is 0. The average Bonchev–Trinajstić information content (AvgIpc) is 3.06. The summed E-state index contributed by atoms with van der Waals surface area (Å²) in [6.45, 7) is 9.08. The molecule has 1 aliphatic rings. The normalized spacial score (nSPS) is 18.1. The molecule has 21 heavy (non-hydrogen) atoms. The van der Waals surface area contributed by atoms with Crippen molar-refractivity contribution < 1.29 is 4.79 Å². The first kappa shape index (κ1) is 16.0. The van der Waals surface area contributed by atoms with Crippen LogP contribution in [0.3, 0.4) is 0 Å². The summed E-state index contributed by atoms with van der Waals surface area (Å²) in [4.78, 5) is 14.3. The van der Waals surface area contributed by atoms with E-state index in [1.165, 1.54) is 5.56 Å². The van der Waals surface area contributed by atoms with Gasteiger partial charge in [-0.15, -0.1) is 0 Å². The first-order valence-electron chi connectivity index (χ1n) is 8.04. The van der Waals surface area contributed by atoms with Crippen molar-refractivity contribution in [3.05, 3.63) is 35.4 Å². The van der Waals surface area contributed by atoms with Crippen molar-refractivity contribution in [2.45, 2.75) is 45.8 Å². The first-order chi connectivity index (χ1) is 10.2. The van der Waals surface area contributed by atoms with Crippen LogP contribution in [0.5, 0.6) is 0 Å². The summed E-state index contributed by atoms with van der Waals surface area (Å²) in [6.07, 6.45) is 2.05. The maximum absolute atomic E-state index is 11.9.